The lowest BCUT2D eigenvalue weighted by Gasteiger charge is -2.46. The van der Waals surface area contributed by atoms with Crippen molar-refractivity contribution in [3.8, 4) is 0 Å². The quantitative estimate of drug-likeness (QED) is 0.815. The number of amides is 1. The van der Waals surface area contributed by atoms with Crippen LogP contribution in [-0.2, 0) is 19.6 Å². The molecular formula is C16H28N2O4S. The molecule has 2 aliphatic heterocycles. The zero-order chi connectivity index (χ0) is 16.5. The predicted molar refractivity (Wildman–Crippen MR) is 87.5 cm³/mol. The van der Waals surface area contributed by atoms with Gasteiger partial charge < -0.3 is 10.1 Å². The topological polar surface area (TPSA) is 75.7 Å². The summed E-state index contributed by atoms with van der Waals surface area (Å²) in [5, 5.41) is 2.75. The summed E-state index contributed by atoms with van der Waals surface area (Å²) >= 11 is 0. The number of rotatable bonds is 5. The van der Waals surface area contributed by atoms with Crippen LogP contribution in [0.15, 0.2) is 0 Å². The van der Waals surface area contributed by atoms with Crippen molar-refractivity contribution in [2.75, 3.05) is 26.2 Å². The van der Waals surface area contributed by atoms with E-state index in [1.807, 2.05) is 0 Å². The second kappa shape index (κ2) is 6.69. The smallest absolute Gasteiger partial charge is 0.216 e. The van der Waals surface area contributed by atoms with Crippen molar-refractivity contribution in [1.29, 1.82) is 0 Å². The molecule has 23 heavy (non-hydrogen) atoms. The van der Waals surface area contributed by atoms with Gasteiger partial charge in [0.2, 0.25) is 15.9 Å². The molecule has 2 saturated heterocycles. The molecule has 3 aliphatic rings. The van der Waals surface area contributed by atoms with Crippen LogP contribution < -0.4 is 5.32 Å². The molecule has 1 saturated carbocycles. The summed E-state index contributed by atoms with van der Waals surface area (Å²) in [7, 11) is -3.05. The highest BCUT2D eigenvalue weighted by Gasteiger charge is 2.46. The number of carbonyl (C=O) groups excluding carboxylic acids is 1. The van der Waals surface area contributed by atoms with Crippen LogP contribution in [-0.4, -0.2) is 55.7 Å². The third-order valence-corrected chi connectivity index (χ3v) is 7.86. The van der Waals surface area contributed by atoms with Crippen molar-refractivity contribution in [3.05, 3.63) is 0 Å². The fourth-order valence-electron chi connectivity index (χ4n) is 3.90. The minimum absolute atomic E-state index is 0.0189. The number of carbonyl (C=O) groups is 1. The lowest BCUT2D eigenvalue weighted by atomic mass is 9.79. The second-order valence-electron chi connectivity index (χ2n) is 7.31. The van der Waals surface area contributed by atoms with E-state index in [2.05, 4.69) is 5.32 Å². The van der Waals surface area contributed by atoms with E-state index in [9.17, 15) is 13.2 Å². The second-order valence-corrected chi connectivity index (χ2v) is 9.52. The van der Waals surface area contributed by atoms with Gasteiger partial charge in [-0.25, -0.2) is 12.7 Å². The van der Waals surface area contributed by atoms with Crippen LogP contribution in [0.1, 0.15) is 51.9 Å². The number of ether oxygens (including phenoxy) is 1. The number of piperidine rings is 1. The van der Waals surface area contributed by atoms with E-state index >= 15 is 0 Å². The van der Waals surface area contributed by atoms with Gasteiger partial charge in [-0.2, -0.15) is 0 Å². The Morgan fingerprint density at radius 2 is 1.96 bits per heavy atom. The van der Waals surface area contributed by atoms with Crippen molar-refractivity contribution in [2.24, 2.45) is 5.92 Å². The van der Waals surface area contributed by atoms with Gasteiger partial charge >= 0.3 is 0 Å². The molecule has 1 amide bonds. The normalized spacial score (nSPS) is 28.7. The van der Waals surface area contributed by atoms with Gasteiger partial charge in [0.25, 0.3) is 0 Å². The first-order valence-corrected chi connectivity index (χ1v) is 10.3. The SMILES string of the molecule is CC(=O)NCCC1CCOC2(CCN(S(=O)(=O)C3CC3)CC2)C1. The number of hydrogen-bond acceptors (Lipinski definition) is 4. The first-order valence-electron chi connectivity index (χ1n) is 8.79. The van der Waals surface area contributed by atoms with E-state index in [1.165, 1.54) is 0 Å². The Balaban J connectivity index is 1.51. The maximum atomic E-state index is 12.3. The van der Waals surface area contributed by atoms with Crippen molar-refractivity contribution in [1.82, 2.24) is 9.62 Å². The van der Waals surface area contributed by atoms with Gasteiger partial charge in [0, 0.05) is 33.2 Å². The van der Waals surface area contributed by atoms with Crippen molar-refractivity contribution in [3.63, 3.8) is 0 Å². The van der Waals surface area contributed by atoms with Crippen LogP contribution in [0.2, 0.25) is 0 Å². The van der Waals surface area contributed by atoms with Gasteiger partial charge in [0.15, 0.2) is 0 Å². The molecule has 0 aromatic rings. The summed E-state index contributed by atoms with van der Waals surface area (Å²) < 4.78 is 32.4. The van der Waals surface area contributed by atoms with Crippen molar-refractivity contribution < 1.29 is 17.9 Å². The predicted octanol–water partition coefficient (Wildman–Crippen LogP) is 1.27. The monoisotopic (exact) mass is 344 g/mol. The Morgan fingerprint density at radius 3 is 2.57 bits per heavy atom. The van der Waals surface area contributed by atoms with Gasteiger partial charge in [-0.3, -0.25) is 4.79 Å². The fourth-order valence-corrected chi connectivity index (χ4v) is 5.75. The molecule has 1 N–H and O–H groups in total. The first-order chi connectivity index (χ1) is 10.9. The summed E-state index contributed by atoms with van der Waals surface area (Å²) in [5.74, 6) is 0.576. The van der Waals surface area contributed by atoms with E-state index in [-0.39, 0.29) is 16.8 Å². The average molecular weight is 344 g/mol. The molecule has 1 aliphatic carbocycles. The molecule has 2 heterocycles. The van der Waals surface area contributed by atoms with E-state index in [1.54, 1.807) is 11.2 Å². The Kier molecular flexibility index (Phi) is 4.99. The van der Waals surface area contributed by atoms with Gasteiger partial charge in [-0.15, -0.1) is 0 Å². The zero-order valence-corrected chi connectivity index (χ0v) is 14.7. The first kappa shape index (κ1) is 17.2. The summed E-state index contributed by atoms with van der Waals surface area (Å²) in [4.78, 5) is 11.0. The molecule has 132 valence electrons. The van der Waals surface area contributed by atoms with E-state index in [0.717, 1.165) is 58.1 Å². The number of nitrogens with zero attached hydrogens (tertiary/aromatic N) is 1. The molecule has 1 spiro atoms. The fraction of sp³-hybridized carbons (Fsp3) is 0.938. The Hall–Kier alpha value is -0.660. The van der Waals surface area contributed by atoms with E-state index < -0.39 is 10.0 Å². The highest BCUT2D eigenvalue weighted by atomic mass is 32.2. The van der Waals surface area contributed by atoms with Crippen LogP contribution in [0.25, 0.3) is 0 Å². The maximum Gasteiger partial charge on any atom is 0.216 e. The molecule has 0 bridgehead atoms. The minimum atomic E-state index is -3.05. The van der Waals surface area contributed by atoms with Crippen LogP contribution >= 0.6 is 0 Å². The Morgan fingerprint density at radius 1 is 1.26 bits per heavy atom. The van der Waals surface area contributed by atoms with Crippen LogP contribution in [0.4, 0.5) is 0 Å². The highest BCUT2D eigenvalue weighted by Crippen LogP contribution is 2.40. The minimum Gasteiger partial charge on any atom is -0.375 e. The van der Waals surface area contributed by atoms with E-state index in [4.69, 9.17) is 4.74 Å². The van der Waals surface area contributed by atoms with Crippen molar-refractivity contribution >= 4 is 15.9 Å². The molecule has 0 radical (unpaired) electrons. The molecule has 3 fully saturated rings. The number of hydrogen-bond donors (Lipinski definition) is 1. The van der Waals surface area contributed by atoms with Crippen LogP contribution in [0.5, 0.6) is 0 Å². The largest absolute Gasteiger partial charge is 0.375 e. The average Bonchev–Trinajstić information content (AvgIpc) is 3.32. The maximum absolute atomic E-state index is 12.3. The Labute approximate surface area is 139 Å². The molecular weight excluding hydrogens is 316 g/mol. The zero-order valence-electron chi connectivity index (χ0n) is 13.9. The third kappa shape index (κ3) is 4.06. The van der Waals surface area contributed by atoms with Gasteiger partial charge in [-0.05, 0) is 50.9 Å². The molecule has 6 nitrogen and oxygen atoms in total. The molecule has 7 heteroatoms. The molecule has 3 rings (SSSR count). The lowest BCUT2D eigenvalue weighted by molar-refractivity contribution is -0.122. The number of sulfonamides is 1. The lowest BCUT2D eigenvalue weighted by Crippen LogP contribution is -2.51. The van der Waals surface area contributed by atoms with Crippen molar-refractivity contribution in [2.45, 2.75) is 62.7 Å². The third-order valence-electron chi connectivity index (χ3n) is 5.46. The summed E-state index contributed by atoms with van der Waals surface area (Å²) in [6.07, 6.45) is 6.26. The Bertz CT molecular complexity index is 536. The molecule has 0 aromatic heterocycles. The van der Waals surface area contributed by atoms with Crippen LogP contribution in [0, 0.1) is 5.92 Å². The van der Waals surface area contributed by atoms with Gasteiger partial charge in [0.05, 0.1) is 10.9 Å². The summed E-state index contributed by atoms with van der Waals surface area (Å²) in [6.45, 7) is 4.20. The summed E-state index contributed by atoms with van der Waals surface area (Å²) in [5.41, 5.74) is -0.144. The standard InChI is InChI=1S/C16H28N2O4S/c1-13(19)17-8-4-14-5-11-22-16(12-14)6-9-18(10-7-16)23(20,21)15-2-3-15/h14-15H,2-12H2,1H3,(H,17,19). The molecule has 0 aromatic carbocycles. The van der Waals surface area contributed by atoms with E-state index in [0.29, 0.717) is 19.0 Å². The molecule has 1 unspecified atom stereocenters. The highest BCUT2D eigenvalue weighted by molar-refractivity contribution is 7.90. The van der Waals surface area contributed by atoms with Crippen LogP contribution in [0.3, 0.4) is 0 Å². The number of nitrogens with one attached hydrogen (secondary N) is 1. The summed E-state index contributed by atoms with van der Waals surface area (Å²) in [6, 6.07) is 0. The molecule has 1 atom stereocenters. The van der Waals surface area contributed by atoms with Gasteiger partial charge in [-0.1, -0.05) is 0 Å². The van der Waals surface area contributed by atoms with Gasteiger partial charge in [0.1, 0.15) is 0 Å².